The van der Waals surface area contributed by atoms with Crippen LogP contribution in [0.15, 0.2) is 54.1 Å². The molecule has 2 rings (SSSR count). The summed E-state index contributed by atoms with van der Waals surface area (Å²) in [6, 6.07) is 6.66. The molecule has 4 nitrogen and oxygen atoms in total. The Bertz CT molecular complexity index is 614. The lowest BCUT2D eigenvalue weighted by atomic mass is 9.94. The molecule has 0 aromatic heterocycles. The summed E-state index contributed by atoms with van der Waals surface area (Å²) in [5.74, 6) is 0.0585. The highest BCUT2D eigenvalue weighted by atomic mass is 16.5. The van der Waals surface area contributed by atoms with Crippen molar-refractivity contribution in [1.29, 1.82) is 0 Å². The molecule has 4 heteroatoms. The molecule has 1 aliphatic rings. The zero-order valence-electron chi connectivity index (χ0n) is 12.9. The fraction of sp³-hybridized carbons (Fsp3) is 0.278. The highest BCUT2D eigenvalue weighted by Gasteiger charge is 2.21. The summed E-state index contributed by atoms with van der Waals surface area (Å²) in [4.78, 5) is 11.8. The van der Waals surface area contributed by atoms with E-state index in [1.54, 1.807) is 37.5 Å². The Labute approximate surface area is 130 Å². The highest BCUT2D eigenvalue weighted by Crippen LogP contribution is 2.23. The number of carbonyl (C=O) groups excluding carboxylic acids is 1. The fourth-order valence-corrected chi connectivity index (χ4v) is 2.04. The van der Waals surface area contributed by atoms with Crippen molar-refractivity contribution in [1.82, 2.24) is 5.32 Å². The van der Waals surface area contributed by atoms with E-state index in [4.69, 9.17) is 4.74 Å². The molecule has 0 aliphatic heterocycles. The first-order valence-corrected chi connectivity index (χ1v) is 7.19. The second kappa shape index (κ2) is 7.09. The van der Waals surface area contributed by atoms with Crippen LogP contribution in [0.25, 0.3) is 6.08 Å². The van der Waals surface area contributed by atoms with Crippen molar-refractivity contribution >= 4 is 12.0 Å². The summed E-state index contributed by atoms with van der Waals surface area (Å²) < 4.78 is 5.40. The van der Waals surface area contributed by atoms with Crippen molar-refractivity contribution in [3.8, 4) is 5.75 Å². The molecule has 1 unspecified atom stereocenters. The lowest BCUT2D eigenvalue weighted by Crippen LogP contribution is -2.28. The smallest absolute Gasteiger partial charge is 0.244 e. The van der Waals surface area contributed by atoms with Crippen LogP contribution < -0.4 is 5.32 Å². The zero-order chi connectivity index (χ0) is 16.0. The summed E-state index contributed by atoms with van der Waals surface area (Å²) >= 11 is 0. The maximum absolute atomic E-state index is 11.8. The van der Waals surface area contributed by atoms with Gasteiger partial charge >= 0.3 is 0 Å². The maximum atomic E-state index is 11.8. The Morgan fingerprint density at radius 2 is 2.14 bits per heavy atom. The molecule has 0 radical (unpaired) electrons. The number of phenols is 1. The number of aromatic hydroxyl groups is 1. The second-order valence-corrected chi connectivity index (χ2v) is 5.48. The number of nitrogens with one attached hydrogen (secondary N) is 1. The molecule has 0 saturated heterocycles. The van der Waals surface area contributed by atoms with Gasteiger partial charge in [-0.25, -0.2) is 0 Å². The largest absolute Gasteiger partial charge is 0.508 e. The zero-order valence-corrected chi connectivity index (χ0v) is 12.9. The van der Waals surface area contributed by atoms with Crippen molar-refractivity contribution < 1.29 is 14.6 Å². The van der Waals surface area contributed by atoms with Crippen LogP contribution in [0.1, 0.15) is 18.9 Å². The van der Waals surface area contributed by atoms with E-state index >= 15 is 0 Å². The first kappa shape index (κ1) is 16.0. The van der Waals surface area contributed by atoms with Crippen LogP contribution in [-0.4, -0.2) is 30.3 Å². The number of hydrogen-bond donors (Lipinski definition) is 2. The van der Waals surface area contributed by atoms with Crippen molar-refractivity contribution in [3.05, 3.63) is 59.7 Å². The van der Waals surface area contributed by atoms with Gasteiger partial charge in [-0.2, -0.15) is 0 Å². The molecule has 2 N–H and O–H groups in total. The van der Waals surface area contributed by atoms with Crippen LogP contribution in [0.5, 0.6) is 5.75 Å². The lowest BCUT2D eigenvalue weighted by molar-refractivity contribution is -0.116. The first-order valence-electron chi connectivity index (χ1n) is 7.19. The third-order valence-corrected chi connectivity index (χ3v) is 3.67. The number of ether oxygens (including phenoxy) is 1. The Hall–Kier alpha value is -2.33. The quantitative estimate of drug-likeness (QED) is 0.822. The molecule has 1 amide bonds. The molecule has 0 spiro atoms. The summed E-state index contributed by atoms with van der Waals surface area (Å²) in [5.41, 5.74) is 1.69. The predicted molar refractivity (Wildman–Crippen MR) is 87.4 cm³/mol. The molecule has 1 aromatic rings. The van der Waals surface area contributed by atoms with Crippen molar-refractivity contribution in [2.24, 2.45) is 0 Å². The van der Waals surface area contributed by atoms with Gasteiger partial charge in [0.25, 0.3) is 0 Å². The Morgan fingerprint density at radius 1 is 1.41 bits per heavy atom. The molecular weight excluding hydrogens is 278 g/mol. The number of rotatable bonds is 5. The third-order valence-electron chi connectivity index (χ3n) is 3.67. The van der Waals surface area contributed by atoms with Crippen LogP contribution in [-0.2, 0) is 9.53 Å². The number of carbonyl (C=O) groups is 1. The molecule has 0 saturated carbocycles. The molecule has 0 bridgehead atoms. The van der Waals surface area contributed by atoms with Gasteiger partial charge in [0.05, 0.1) is 5.60 Å². The number of methoxy groups -OCH3 is 1. The average molecular weight is 299 g/mol. The number of amides is 1. The molecule has 0 heterocycles. The second-order valence-electron chi connectivity index (χ2n) is 5.48. The molecular formula is C18H21NO3. The van der Waals surface area contributed by atoms with Gasteiger partial charge in [-0.1, -0.05) is 30.4 Å². The van der Waals surface area contributed by atoms with Crippen LogP contribution in [0, 0.1) is 0 Å². The van der Waals surface area contributed by atoms with Gasteiger partial charge in [0.2, 0.25) is 5.91 Å². The molecule has 22 heavy (non-hydrogen) atoms. The lowest BCUT2D eigenvalue weighted by Gasteiger charge is -2.26. The molecule has 0 fully saturated rings. The monoisotopic (exact) mass is 299 g/mol. The molecule has 116 valence electrons. The third kappa shape index (κ3) is 4.60. The van der Waals surface area contributed by atoms with E-state index in [-0.39, 0.29) is 17.3 Å². The minimum Gasteiger partial charge on any atom is -0.508 e. The van der Waals surface area contributed by atoms with E-state index in [0.29, 0.717) is 6.54 Å². The summed E-state index contributed by atoms with van der Waals surface area (Å²) in [6.07, 6.45) is 10.1. The Morgan fingerprint density at radius 3 is 2.73 bits per heavy atom. The number of hydrogen-bond acceptors (Lipinski definition) is 3. The number of phenolic OH excluding ortho intramolecular Hbond substituents is 1. The maximum Gasteiger partial charge on any atom is 0.244 e. The molecule has 1 atom stereocenters. The van der Waals surface area contributed by atoms with E-state index in [9.17, 15) is 9.90 Å². The fourth-order valence-electron chi connectivity index (χ4n) is 2.04. The standard InChI is InChI=1S/C18H21NO3/c1-18(22-2)11-9-15(10-12-18)13-19-17(21)8-5-14-3-6-16(20)7-4-14/h3-11,20H,12-13H2,1-2H3,(H,19,21)/b8-5+. The highest BCUT2D eigenvalue weighted by molar-refractivity contribution is 5.91. The van der Waals surface area contributed by atoms with E-state index in [0.717, 1.165) is 17.6 Å². The van der Waals surface area contributed by atoms with E-state index in [1.165, 1.54) is 6.08 Å². The first-order chi connectivity index (χ1) is 10.5. The average Bonchev–Trinajstić information content (AvgIpc) is 2.54. The van der Waals surface area contributed by atoms with Gasteiger partial charge in [-0.15, -0.1) is 0 Å². The SMILES string of the molecule is COC1(C)C=CC(CNC(=O)/C=C/c2ccc(O)cc2)=CC1. The van der Waals surface area contributed by atoms with Gasteiger partial charge in [-0.3, -0.25) is 4.79 Å². The van der Waals surface area contributed by atoms with Gasteiger partial charge in [-0.05, 0) is 42.7 Å². The van der Waals surface area contributed by atoms with E-state index < -0.39 is 0 Å². The van der Waals surface area contributed by atoms with Gasteiger partial charge in [0.15, 0.2) is 0 Å². The van der Waals surface area contributed by atoms with E-state index in [2.05, 4.69) is 11.4 Å². The Kier molecular flexibility index (Phi) is 5.17. The van der Waals surface area contributed by atoms with Gasteiger partial charge in [0.1, 0.15) is 5.75 Å². The van der Waals surface area contributed by atoms with Crippen LogP contribution in [0.3, 0.4) is 0 Å². The minimum atomic E-state index is -0.244. The van der Waals surface area contributed by atoms with Crippen LogP contribution >= 0.6 is 0 Å². The predicted octanol–water partition coefficient (Wildman–Crippen LogP) is 2.81. The van der Waals surface area contributed by atoms with Crippen molar-refractivity contribution in [2.45, 2.75) is 18.9 Å². The van der Waals surface area contributed by atoms with Gasteiger partial charge < -0.3 is 15.2 Å². The van der Waals surface area contributed by atoms with Crippen LogP contribution in [0.2, 0.25) is 0 Å². The van der Waals surface area contributed by atoms with Gasteiger partial charge in [0, 0.05) is 19.7 Å². The summed E-state index contributed by atoms with van der Waals surface area (Å²) in [6.45, 7) is 2.52. The van der Waals surface area contributed by atoms with E-state index in [1.807, 2.05) is 19.1 Å². The van der Waals surface area contributed by atoms with Crippen LogP contribution in [0.4, 0.5) is 0 Å². The number of benzene rings is 1. The Balaban J connectivity index is 1.81. The molecule has 1 aliphatic carbocycles. The minimum absolute atomic E-state index is 0.151. The normalized spacial score (nSPS) is 20.9. The summed E-state index contributed by atoms with van der Waals surface area (Å²) in [7, 11) is 1.69. The van der Waals surface area contributed by atoms with Crippen molar-refractivity contribution in [2.75, 3.05) is 13.7 Å². The van der Waals surface area contributed by atoms with Crippen molar-refractivity contribution in [3.63, 3.8) is 0 Å². The topological polar surface area (TPSA) is 58.6 Å². The molecule has 1 aromatic carbocycles. The summed E-state index contributed by atoms with van der Waals surface area (Å²) in [5, 5.41) is 12.0.